The van der Waals surface area contributed by atoms with Crippen molar-refractivity contribution < 1.29 is 9.21 Å². The molecule has 2 aromatic heterocycles. The van der Waals surface area contributed by atoms with Crippen LogP contribution >= 0.6 is 22.9 Å². The molecule has 8 heteroatoms. The van der Waals surface area contributed by atoms with Gasteiger partial charge < -0.3 is 9.73 Å². The van der Waals surface area contributed by atoms with Crippen molar-refractivity contribution >= 4 is 35.0 Å². The Hall–Kier alpha value is -2.38. The molecule has 2 heterocycles. The lowest BCUT2D eigenvalue weighted by Gasteiger charge is -2.04. The molecule has 0 spiro atoms. The molecule has 0 aliphatic rings. The van der Waals surface area contributed by atoms with Gasteiger partial charge in [0.1, 0.15) is 0 Å². The molecule has 0 saturated heterocycles. The molecule has 0 aliphatic heterocycles. The van der Waals surface area contributed by atoms with Gasteiger partial charge in [-0.3, -0.25) is 5.32 Å². The molecule has 2 amide bonds. The molecule has 0 bridgehead atoms. The van der Waals surface area contributed by atoms with E-state index in [0.29, 0.717) is 17.5 Å². The predicted molar refractivity (Wildman–Crippen MR) is 84.9 cm³/mol. The molecule has 0 unspecified atom stereocenters. The highest BCUT2D eigenvalue weighted by molar-refractivity contribution is 7.08. The van der Waals surface area contributed by atoms with Crippen molar-refractivity contribution in [2.75, 3.05) is 5.32 Å². The van der Waals surface area contributed by atoms with E-state index in [0.717, 1.165) is 11.1 Å². The van der Waals surface area contributed by atoms with Gasteiger partial charge >= 0.3 is 12.0 Å². The predicted octanol–water partition coefficient (Wildman–Crippen LogP) is 3.77. The number of benzene rings is 1. The van der Waals surface area contributed by atoms with E-state index in [1.54, 1.807) is 12.1 Å². The van der Waals surface area contributed by atoms with Gasteiger partial charge in [0.2, 0.25) is 0 Å². The van der Waals surface area contributed by atoms with Gasteiger partial charge in [-0.25, -0.2) is 4.79 Å². The van der Waals surface area contributed by atoms with Crippen LogP contribution in [0.5, 0.6) is 0 Å². The zero-order valence-electron chi connectivity index (χ0n) is 11.2. The van der Waals surface area contributed by atoms with Crippen LogP contribution in [-0.4, -0.2) is 16.2 Å². The van der Waals surface area contributed by atoms with Crippen molar-refractivity contribution in [1.29, 1.82) is 0 Å². The molecular weight excluding hydrogens is 324 g/mol. The van der Waals surface area contributed by atoms with E-state index in [1.807, 2.05) is 29.0 Å². The maximum atomic E-state index is 11.8. The molecule has 22 heavy (non-hydrogen) atoms. The van der Waals surface area contributed by atoms with Crippen LogP contribution in [0.25, 0.3) is 11.5 Å². The van der Waals surface area contributed by atoms with Crippen molar-refractivity contribution in [2.45, 2.75) is 6.54 Å². The average Bonchev–Trinajstić information content (AvgIpc) is 3.17. The van der Waals surface area contributed by atoms with Gasteiger partial charge in [-0.2, -0.15) is 11.3 Å². The highest BCUT2D eigenvalue weighted by Gasteiger charge is 2.11. The van der Waals surface area contributed by atoms with Crippen molar-refractivity contribution in [3.63, 3.8) is 0 Å². The number of urea groups is 1. The van der Waals surface area contributed by atoms with Crippen LogP contribution in [0.1, 0.15) is 5.56 Å². The van der Waals surface area contributed by atoms with E-state index in [9.17, 15) is 4.79 Å². The lowest BCUT2D eigenvalue weighted by atomic mass is 10.2. The highest BCUT2D eigenvalue weighted by atomic mass is 35.5. The Kier molecular flexibility index (Phi) is 4.36. The van der Waals surface area contributed by atoms with Gasteiger partial charge in [-0.05, 0) is 29.1 Å². The van der Waals surface area contributed by atoms with Crippen molar-refractivity contribution in [3.8, 4) is 11.5 Å². The monoisotopic (exact) mass is 334 g/mol. The zero-order valence-corrected chi connectivity index (χ0v) is 12.8. The van der Waals surface area contributed by atoms with Crippen LogP contribution in [-0.2, 0) is 6.54 Å². The number of halogens is 1. The standard InChI is InChI=1S/C14H11ClN4O2S/c15-11-3-1-9(2-4-11)7-16-13(20)17-14-19-18-12(21-14)10-5-6-22-8-10/h1-6,8H,7H2,(H2,16,17,19,20). The topological polar surface area (TPSA) is 80.0 Å². The van der Waals surface area contributed by atoms with Crippen LogP contribution in [0.3, 0.4) is 0 Å². The third-order valence-electron chi connectivity index (χ3n) is 2.78. The second-order valence-electron chi connectivity index (χ2n) is 4.36. The summed E-state index contributed by atoms with van der Waals surface area (Å²) >= 11 is 7.33. The Labute approximate surface area is 135 Å². The first kappa shape index (κ1) is 14.6. The number of thiophene rings is 1. The first-order valence-electron chi connectivity index (χ1n) is 6.36. The van der Waals surface area contributed by atoms with Crippen molar-refractivity contribution in [2.24, 2.45) is 0 Å². The smallest absolute Gasteiger partial charge is 0.324 e. The van der Waals surface area contributed by atoms with Gasteiger partial charge in [0, 0.05) is 22.5 Å². The molecule has 0 saturated carbocycles. The number of carbonyl (C=O) groups excluding carboxylic acids is 1. The van der Waals surface area contributed by atoms with Crippen molar-refractivity contribution in [3.05, 3.63) is 51.7 Å². The normalized spacial score (nSPS) is 10.4. The zero-order chi connectivity index (χ0) is 15.4. The number of rotatable bonds is 4. The van der Waals surface area contributed by atoms with Crippen molar-refractivity contribution in [1.82, 2.24) is 15.5 Å². The number of hydrogen-bond acceptors (Lipinski definition) is 5. The van der Waals surface area contributed by atoms with Gasteiger partial charge in [-0.15, -0.1) is 5.10 Å². The summed E-state index contributed by atoms with van der Waals surface area (Å²) in [4.78, 5) is 11.8. The largest absolute Gasteiger partial charge is 0.403 e. The fraction of sp³-hybridized carbons (Fsp3) is 0.0714. The Balaban J connectivity index is 1.54. The Morgan fingerprint density at radius 2 is 2.05 bits per heavy atom. The Morgan fingerprint density at radius 1 is 1.23 bits per heavy atom. The second-order valence-corrected chi connectivity index (χ2v) is 5.58. The maximum Gasteiger partial charge on any atom is 0.324 e. The van der Waals surface area contributed by atoms with Crippen LogP contribution in [0, 0.1) is 0 Å². The maximum absolute atomic E-state index is 11.8. The number of carbonyl (C=O) groups is 1. The SMILES string of the molecule is O=C(NCc1ccc(Cl)cc1)Nc1nnc(-c2ccsc2)o1. The van der Waals surface area contributed by atoms with Gasteiger partial charge in [0.15, 0.2) is 0 Å². The van der Waals surface area contributed by atoms with E-state index in [2.05, 4.69) is 20.8 Å². The van der Waals surface area contributed by atoms with E-state index in [1.165, 1.54) is 11.3 Å². The molecule has 3 rings (SSSR count). The fourth-order valence-corrected chi connectivity index (χ4v) is 2.46. The number of nitrogens with zero attached hydrogens (tertiary/aromatic N) is 2. The first-order chi connectivity index (χ1) is 10.7. The van der Waals surface area contributed by atoms with Gasteiger partial charge in [0.25, 0.3) is 5.89 Å². The summed E-state index contributed by atoms with van der Waals surface area (Å²) in [5, 5.41) is 17.3. The summed E-state index contributed by atoms with van der Waals surface area (Å²) in [5.41, 5.74) is 1.76. The molecule has 3 aromatic rings. The third-order valence-corrected chi connectivity index (χ3v) is 3.72. The number of hydrogen-bond donors (Lipinski definition) is 2. The van der Waals surface area contributed by atoms with Crippen LogP contribution in [0.15, 0.2) is 45.5 Å². The minimum absolute atomic E-state index is 0.0507. The summed E-state index contributed by atoms with van der Waals surface area (Å²) in [7, 11) is 0. The molecule has 112 valence electrons. The van der Waals surface area contributed by atoms with Crippen LogP contribution in [0.2, 0.25) is 5.02 Å². The Morgan fingerprint density at radius 3 is 2.77 bits per heavy atom. The average molecular weight is 335 g/mol. The van der Waals surface area contributed by atoms with E-state index in [-0.39, 0.29) is 6.01 Å². The number of anilines is 1. The molecule has 0 aliphatic carbocycles. The minimum Gasteiger partial charge on any atom is -0.403 e. The summed E-state index contributed by atoms with van der Waals surface area (Å²) < 4.78 is 5.36. The summed E-state index contributed by atoms with van der Waals surface area (Å²) in [6.07, 6.45) is 0. The molecule has 2 N–H and O–H groups in total. The quantitative estimate of drug-likeness (QED) is 0.761. The molecule has 0 radical (unpaired) electrons. The molecule has 1 aromatic carbocycles. The lowest BCUT2D eigenvalue weighted by molar-refractivity contribution is 0.251. The second kappa shape index (κ2) is 6.59. The molecular formula is C14H11ClN4O2S. The minimum atomic E-state index is -0.421. The lowest BCUT2D eigenvalue weighted by Crippen LogP contribution is -2.28. The first-order valence-corrected chi connectivity index (χ1v) is 7.68. The molecule has 0 atom stereocenters. The van der Waals surface area contributed by atoms with Gasteiger partial charge in [0.05, 0.1) is 0 Å². The molecule has 6 nitrogen and oxygen atoms in total. The fourth-order valence-electron chi connectivity index (χ4n) is 1.70. The van der Waals surface area contributed by atoms with E-state index in [4.69, 9.17) is 16.0 Å². The highest BCUT2D eigenvalue weighted by Crippen LogP contribution is 2.21. The van der Waals surface area contributed by atoms with E-state index >= 15 is 0 Å². The number of amides is 2. The third kappa shape index (κ3) is 3.63. The Bertz CT molecular complexity index is 756. The van der Waals surface area contributed by atoms with Crippen LogP contribution < -0.4 is 10.6 Å². The summed E-state index contributed by atoms with van der Waals surface area (Å²) in [6.45, 7) is 0.370. The molecule has 0 fully saturated rings. The van der Waals surface area contributed by atoms with Crippen LogP contribution in [0.4, 0.5) is 10.8 Å². The number of nitrogens with one attached hydrogen (secondary N) is 2. The number of aromatic nitrogens is 2. The summed E-state index contributed by atoms with van der Waals surface area (Å²) in [6, 6.07) is 8.70. The van der Waals surface area contributed by atoms with E-state index < -0.39 is 6.03 Å². The summed E-state index contributed by atoms with van der Waals surface area (Å²) in [5.74, 6) is 0.370. The van der Waals surface area contributed by atoms with Gasteiger partial charge in [-0.1, -0.05) is 28.8 Å².